The van der Waals surface area contributed by atoms with Gasteiger partial charge < -0.3 is 4.74 Å². The SMILES string of the molecule is COc1ccccc1C(C)(C)CC(C)Br. The van der Waals surface area contributed by atoms with Gasteiger partial charge in [0.05, 0.1) is 7.11 Å². The molecule has 15 heavy (non-hydrogen) atoms. The number of alkyl halides is 1. The van der Waals surface area contributed by atoms with Crippen molar-refractivity contribution in [2.45, 2.75) is 37.4 Å². The van der Waals surface area contributed by atoms with Gasteiger partial charge in [0.25, 0.3) is 0 Å². The van der Waals surface area contributed by atoms with Crippen LogP contribution in [0.15, 0.2) is 24.3 Å². The van der Waals surface area contributed by atoms with Crippen LogP contribution in [0.25, 0.3) is 0 Å². The van der Waals surface area contributed by atoms with E-state index in [0.29, 0.717) is 4.83 Å². The fourth-order valence-corrected chi connectivity index (χ4v) is 2.83. The number of methoxy groups -OCH3 is 1. The molecule has 0 aliphatic rings. The predicted molar refractivity (Wildman–Crippen MR) is 69.0 cm³/mol. The quantitative estimate of drug-likeness (QED) is 0.747. The molecule has 0 bridgehead atoms. The highest BCUT2D eigenvalue weighted by Gasteiger charge is 2.25. The molecule has 0 saturated heterocycles. The normalized spacial score (nSPS) is 13.7. The number of halogens is 1. The van der Waals surface area contributed by atoms with Crippen molar-refractivity contribution in [3.63, 3.8) is 0 Å². The highest BCUT2D eigenvalue weighted by molar-refractivity contribution is 9.09. The third kappa shape index (κ3) is 3.23. The Balaban J connectivity index is 3.02. The van der Waals surface area contributed by atoms with Crippen LogP contribution in [0.5, 0.6) is 5.75 Å². The largest absolute Gasteiger partial charge is 0.496 e. The maximum absolute atomic E-state index is 5.40. The Bertz CT molecular complexity index is 318. The molecule has 84 valence electrons. The molecule has 1 unspecified atom stereocenters. The average Bonchev–Trinajstić information content (AvgIpc) is 2.16. The van der Waals surface area contributed by atoms with E-state index < -0.39 is 0 Å². The Kier molecular flexibility index (Phi) is 4.21. The van der Waals surface area contributed by atoms with Crippen molar-refractivity contribution in [1.82, 2.24) is 0 Å². The molecule has 0 heterocycles. The van der Waals surface area contributed by atoms with Crippen molar-refractivity contribution >= 4 is 15.9 Å². The summed E-state index contributed by atoms with van der Waals surface area (Å²) in [5, 5.41) is 0. The molecule has 0 fully saturated rings. The first kappa shape index (κ1) is 12.6. The van der Waals surface area contributed by atoms with Gasteiger partial charge in [-0.2, -0.15) is 0 Å². The van der Waals surface area contributed by atoms with E-state index >= 15 is 0 Å². The van der Waals surface area contributed by atoms with Gasteiger partial charge in [-0.1, -0.05) is 54.9 Å². The number of benzene rings is 1. The summed E-state index contributed by atoms with van der Waals surface area (Å²) in [5.41, 5.74) is 1.41. The second-order valence-corrected chi connectivity index (χ2v) is 6.13. The average molecular weight is 271 g/mol. The highest BCUT2D eigenvalue weighted by Crippen LogP contribution is 2.36. The van der Waals surface area contributed by atoms with Gasteiger partial charge in [-0.25, -0.2) is 0 Å². The van der Waals surface area contributed by atoms with Crippen LogP contribution >= 0.6 is 15.9 Å². The van der Waals surface area contributed by atoms with Crippen molar-refractivity contribution < 1.29 is 4.74 Å². The zero-order valence-corrected chi connectivity index (χ0v) is 11.5. The van der Waals surface area contributed by atoms with Gasteiger partial charge in [-0.3, -0.25) is 0 Å². The molecule has 1 aromatic rings. The van der Waals surface area contributed by atoms with Crippen LogP contribution in [0.2, 0.25) is 0 Å². The molecule has 0 aromatic heterocycles. The Morgan fingerprint density at radius 2 is 1.93 bits per heavy atom. The molecule has 0 aliphatic carbocycles. The summed E-state index contributed by atoms with van der Waals surface area (Å²) in [4.78, 5) is 0.511. The maximum atomic E-state index is 5.40. The van der Waals surface area contributed by atoms with Crippen LogP contribution in [-0.2, 0) is 5.41 Å². The van der Waals surface area contributed by atoms with E-state index in [2.05, 4.69) is 48.8 Å². The predicted octanol–water partition coefficient (Wildman–Crippen LogP) is 4.15. The van der Waals surface area contributed by atoms with E-state index in [4.69, 9.17) is 4.74 Å². The van der Waals surface area contributed by atoms with E-state index in [1.165, 1.54) is 5.56 Å². The van der Waals surface area contributed by atoms with Crippen molar-refractivity contribution in [2.24, 2.45) is 0 Å². The van der Waals surface area contributed by atoms with Gasteiger partial charge in [-0.15, -0.1) is 0 Å². The number of hydrogen-bond acceptors (Lipinski definition) is 1. The van der Waals surface area contributed by atoms with Crippen LogP contribution in [0.1, 0.15) is 32.8 Å². The van der Waals surface area contributed by atoms with Crippen LogP contribution in [-0.4, -0.2) is 11.9 Å². The lowest BCUT2D eigenvalue weighted by atomic mass is 9.80. The highest BCUT2D eigenvalue weighted by atomic mass is 79.9. The third-order valence-electron chi connectivity index (χ3n) is 2.63. The van der Waals surface area contributed by atoms with Gasteiger partial charge in [0.2, 0.25) is 0 Å². The molecule has 0 aliphatic heterocycles. The molecule has 0 spiro atoms. The second kappa shape index (κ2) is 5.02. The van der Waals surface area contributed by atoms with Crippen LogP contribution < -0.4 is 4.74 Å². The zero-order chi connectivity index (χ0) is 11.5. The van der Waals surface area contributed by atoms with E-state index in [1.807, 2.05) is 12.1 Å². The first-order chi connectivity index (χ1) is 6.97. The molecule has 2 heteroatoms. The van der Waals surface area contributed by atoms with Crippen molar-refractivity contribution in [1.29, 1.82) is 0 Å². The minimum atomic E-state index is 0.134. The van der Waals surface area contributed by atoms with Crippen molar-refractivity contribution in [3.05, 3.63) is 29.8 Å². The molecule has 1 atom stereocenters. The summed E-state index contributed by atoms with van der Waals surface area (Å²) in [5.74, 6) is 0.982. The van der Waals surface area contributed by atoms with Crippen LogP contribution in [0.4, 0.5) is 0 Å². The first-order valence-corrected chi connectivity index (χ1v) is 6.16. The summed E-state index contributed by atoms with van der Waals surface area (Å²) in [6.07, 6.45) is 1.09. The molecule has 1 rings (SSSR count). The van der Waals surface area contributed by atoms with Crippen LogP contribution in [0.3, 0.4) is 0 Å². The summed E-state index contributed by atoms with van der Waals surface area (Å²) in [6.45, 7) is 6.68. The second-order valence-electron chi connectivity index (χ2n) is 4.57. The zero-order valence-electron chi connectivity index (χ0n) is 9.88. The molecule has 0 amide bonds. The first-order valence-electron chi connectivity index (χ1n) is 5.25. The standard InChI is InChI=1S/C13H19BrO/c1-10(14)9-13(2,3)11-7-5-6-8-12(11)15-4/h5-8,10H,9H2,1-4H3. The summed E-state index contributed by atoms with van der Waals surface area (Å²) >= 11 is 3.61. The molecular weight excluding hydrogens is 252 g/mol. The third-order valence-corrected chi connectivity index (χ3v) is 2.95. The summed E-state index contributed by atoms with van der Waals surface area (Å²) in [6, 6.07) is 8.25. The Morgan fingerprint density at radius 3 is 2.47 bits per heavy atom. The summed E-state index contributed by atoms with van der Waals surface area (Å²) < 4.78 is 5.40. The van der Waals surface area contributed by atoms with Gasteiger partial charge in [-0.05, 0) is 23.5 Å². The van der Waals surface area contributed by atoms with E-state index in [-0.39, 0.29) is 5.41 Å². The smallest absolute Gasteiger partial charge is 0.122 e. The Morgan fingerprint density at radius 1 is 1.33 bits per heavy atom. The number of rotatable bonds is 4. The van der Waals surface area contributed by atoms with E-state index in [1.54, 1.807) is 7.11 Å². The lowest BCUT2D eigenvalue weighted by Gasteiger charge is -2.28. The van der Waals surface area contributed by atoms with Gasteiger partial charge in [0, 0.05) is 4.83 Å². The number of hydrogen-bond donors (Lipinski definition) is 0. The van der Waals surface area contributed by atoms with Crippen molar-refractivity contribution in [2.75, 3.05) is 7.11 Å². The Labute approximate surface area is 101 Å². The Hall–Kier alpha value is -0.500. The molecular formula is C13H19BrO. The molecule has 0 saturated carbocycles. The minimum absolute atomic E-state index is 0.134. The van der Waals surface area contributed by atoms with Gasteiger partial charge in [0.15, 0.2) is 0 Å². The molecule has 1 nitrogen and oxygen atoms in total. The topological polar surface area (TPSA) is 9.23 Å². The molecule has 1 aromatic carbocycles. The van der Waals surface area contributed by atoms with Gasteiger partial charge in [0.1, 0.15) is 5.75 Å². The van der Waals surface area contributed by atoms with Crippen molar-refractivity contribution in [3.8, 4) is 5.75 Å². The number of ether oxygens (including phenoxy) is 1. The molecule has 0 N–H and O–H groups in total. The maximum Gasteiger partial charge on any atom is 0.122 e. The van der Waals surface area contributed by atoms with Gasteiger partial charge >= 0.3 is 0 Å². The fourth-order valence-electron chi connectivity index (χ4n) is 2.02. The summed E-state index contributed by atoms with van der Waals surface area (Å²) in [7, 11) is 1.73. The van der Waals surface area contributed by atoms with Crippen LogP contribution in [0, 0.1) is 0 Å². The lowest BCUT2D eigenvalue weighted by Crippen LogP contribution is -2.21. The van der Waals surface area contributed by atoms with E-state index in [9.17, 15) is 0 Å². The lowest BCUT2D eigenvalue weighted by molar-refractivity contribution is 0.386. The minimum Gasteiger partial charge on any atom is -0.496 e. The van der Waals surface area contributed by atoms with E-state index in [0.717, 1.165) is 12.2 Å². The fraction of sp³-hybridized carbons (Fsp3) is 0.538. The number of para-hydroxylation sites is 1. The monoisotopic (exact) mass is 270 g/mol. The molecule has 0 radical (unpaired) electrons.